The molecule has 2 aliphatic rings. The molecule has 1 aliphatic carbocycles. The van der Waals surface area contributed by atoms with Crippen LogP contribution in [0.5, 0.6) is 0 Å². The Morgan fingerprint density at radius 2 is 1.57 bits per heavy atom. The Morgan fingerprint density at radius 3 is 2.20 bits per heavy atom. The van der Waals surface area contributed by atoms with Crippen molar-refractivity contribution in [3.8, 4) is 0 Å². The van der Waals surface area contributed by atoms with Crippen molar-refractivity contribution in [3.05, 3.63) is 65.2 Å². The molecule has 2 aromatic rings. The van der Waals surface area contributed by atoms with Crippen LogP contribution in [0.4, 0.5) is 5.69 Å². The van der Waals surface area contributed by atoms with E-state index < -0.39 is 5.54 Å². The molecule has 190 valence electrons. The lowest BCUT2D eigenvalue weighted by Crippen LogP contribution is -2.62. The third kappa shape index (κ3) is 5.63. The number of carbonyl (C=O) groups is 1. The largest absolute Gasteiger partial charge is 0.324 e. The molecule has 5 nitrogen and oxygen atoms in total. The van der Waals surface area contributed by atoms with Crippen molar-refractivity contribution >= 4 is 11.6 Å². The molecule has 0 spiro atoms. The van der Waals surface area contributed by atoms with Crippen LogP contribution in [0.25, 0.3) is 0 Å². The Labute approximate surface area is 212 Å². The molecule has 0 bridgehead atoms. The van der Waals surface area contributed by atoms with E-state index in [9.17, 15) is 4.79 Å². The van der Waals surface area contributed by atoms with Crippen molar-refractivity contribution in [1.29, 1.82) is 0 Å². The van der Waals surface area contributed by atoms with Crippen LogP contribution >= 0.6 is 0 Å². The fourth-order valence-electron chi connectivity index (χ4n) is 6.36. The maximum absolute atomic E-state index is 13.7. The summed E-state index contributed by atoms with van der Waals surface area (Å²) in [6, 6.07) is 18.2. The molecule has 2 fully saturated rings. The highest BCUT2D eigenvalue weighted by Crippen LogP contribution is 2.35. The van der Waals surface area contributed by atoms with Gasteiger partial charge in [-0.2, -0.15) is 0 Å². The highest BCUT2D eigenvalue weighted by Gasteiger charge is 2.45. The van der Waals surface area contributed by atoms with Gasteiger partial charge < -0.3 is 5.32 Å². The van der Waals surface area contributed by atoms with E-state index in [0.29, 0.717) is 12.1 Å². The van der Waals surface area contributed by atoms with E-state index in [4.69, 9.17) is 0 Å². The van der Waals surface area contributed by atoms with Gasteiger partial charge in [0, 0.05) is 37.4 Å². The second kappa shape index (κ2) is 11.2. The van der Waals surface area contributed by atoms with Gasteiger partial charge in [0.15, 0.2) is 0 Å². The zero-order valence-electron chi connectivity index (χ0n) is 22.4. The van der Waals surface area contributed by atoms with Gasteiger partial charge in [-0.05, 0) is 77.4 Å². The summed E-state index contributed by atoms with van der Waals surface area (Å²) in [6.07, 6.45) is 6.87. The second-order valence-electron chi connectivity index (χ2n) is 11.0. The maximum Gasteiger partial charge on any atom is 0.244 e. The summed E-state index contributed by atoms with van der Waals surface area (Å²) in [5, 5.41) is 3.31. The fraction of sp³-hybridized carbons (Fsp3) is 0.567. The van der Waals surface area contributed by atoms with Crippen molar-refractivity contribution in [1.82, 2.24) is 14.7 Å². The smallest absolute Gasteiger partial charge is 0.244 e. The van der Waals surface area contributed by atoms with Crippen LogP contribution in [0.1, 0.15) is 55.2 Å². The molecule has 1 heterocycles. The number of para-hydroxylation sites is 1. The predicted molar refractivity (Wildman–Crippen MR) is 146 cm³/mol. The lowest BCUT2D eigenvalue weighted by atomic mass is 9.81. The average molecular weight is 477 g/mol. The first-order valence-electron chi connectivity index (χ1n) is 13.3. The van der Waals surface area contributed by atoms with Crippen molar-refractivity contribution in [2.24, 2.45) is 0 Å². The summed E-state index contributed by atoms with van der Waals surface area (Å²) < 4.78 is 0. The molecule has 35 heavy (non-hydrogen) atoms. The van der Waals surface area contributed by atoms with Crippen molar-refractivity contribution in [2.75, 3.05) is 39.5 Å². The minimum Gasteiger partial charge on any atom is -0.324 e. The van der Waals surface area contributed by atoms with E-state index in [1.54, 1.807) is 0 Å². The highest BCUT2D eigenvalue weighted by atomic mass is 16.2. The molecule has 1 N–H and O–H groups in total. The molecular formula is C30H44N4O. The van der Waals surface area contributed by atoms with Crippen LogP contribution in [0.2, 0.25) is 0 Å². The fourth-order valence-corrected chi connectivity index (χ4v) is 6.36. The number of rotatable bonds is 7. The summed E-state index contributed by atoms with van der Waals surface area (Å²) in [4.78, 5) is 21.1. The monoisotopic (exact) mass is 476 g/mol. The highest BCUT2D eigenvalue weighted by molar-refractivity contribution is 5.99. The van der Waals surface area contributed by atoms with E-state index in [1.807, 2.05) is 0 Å². The van der Waals surface area contributed by atoms with Crippen LogP contribution in [0.15, 0.2) is 48.5 Å². The lowest BCUT2D eigenvalue weighted by Gasteiger charge is -2.50. The van der Waals surface area contributed by atoms with Gasteiger partial charge in [0.1, 0.15) is 5.54 Å². The Morgan fingerprint density at radius 1 is 0.943 bits per heavy atom. The molecule has 1 aliphatic heterocycles. The number of likely N-dealkylation sites (N-methyl/N-ethyl adjacent to an activating group) is 2. The Hall–Kier alpha value is -2.21. The number of carbonyl (C=O) groups excluding carboxylic acids is 1. The summed E-state index contributed by atoms with van der Waals surface area (Å²) in [6.45, 7) is 7.08. The molecule has 1 saturated carbocycles. The Balaban J connectivity index is 1.45. The number of hydrogen-bond donors (Lipinski definition) is 1. The van der Waals surface area contributed by atoms with E-state index in [0.717, 1.165) is 49.3 Å². The van der Waals surface area contributed by atoms with Crippen molar-refractivity contribution in [2.45, 2.75) is 76.5 Å². The number of nitrogens with one attached hydrogen (secondary N) is 1. The van der Waals surface area contributed by atoms with Crippen LogP contribution < -0.4 is 5.32 Å². The minimum atomic E-state index is -0.467. The number of aryl methyl sites for hydroxylation is 2. The summed E-state index contributed by atoms with van der Waals surface area (Å²) in [7, 11) is 6.43. The third-order valence-electron chi connectivity index (χ3n) is 8.63. The van der Waals surface area contributed by atoms with Gasteiger partial charge in [-0.3, -0.25) is 19.5 Å². The van der Waals surface area contributed by atoms with Crippen LogP contribution in [0.3, 0.4) is 0 Å². The van der Waals surface area contributed by atoms with Gasteiger partial charge in [0.05, 0.1) is 0 Å². The first-order valence-corrected chi connectivity index (χ1v) is 13.3. The van der Waals surface area contributed by atoms with Gasteiger partial charge in [0.2, 0.25) is 5.91 Å². The number of hydrogen-bond acceptors (Lipinski definition) is 4. The van der Waals surface area contributed by atoms with E-state index >= 15 is 0 Å². The number of likely N-dealkylation sites (tertiary alicyclic amines) is 1. The van der Waals surface area contributed by atoms with E-state index in [2.05, 4.69) is 104 Å². The zero-order chi connectivity index (χ0) is 25.0. The van der Waals surface area contributed by atoms with Gasteiger partial charge in [0.25, 0.3) is 0 Å². The van der Waals surface area contributed by atoms with Gasteiger partial charge in [-0.1, -0.05) is 61.4 Å². The molecule has 4 rings (SSSR count). The molecule has 5 heteroatoms. The minimum absolute atomic E-state index is 0.140. The van der Waals surface area contributed by atoms with Gasteiger partial charge in [-0.15, -0.1) is 0 Å². The third-order valence-corrected chi connectivity index (χ3v) is 8.63. The number of piperidine rings is 1. The van der Waals surface area contributed by atoms with E-state index in [-0.39, 0.29) is 5.91 Å². The van der Waals surface area contributed by atoms with E-state index in [1.165, 1.54) is 31.2 Å². The standard InChI is InChI=1S/C30H44N4O/c1-23-12-11-13-24(2)28(23)31-29(35)30(32(3)4)18-20-34(21-19-30)27-17-10-9-16-26(27)33(5)22-25-14-7-6-8-15-25/h6-8,11-15,26-27H,9-10,16-22H2,1-5H3,(H,31,35). The van der Waals surface area contributed by atoms with Crippen molar-refractivity contribution < 1.29 is 4.79 Å². The first-order chi connectivity index (χ1) is 16.8. The van der Waals surface area contributed by atoms with Crippen LogP contribution in [-0.4, -0.2) is 72.5 Å². The molecule has 2 atom stereocenters. The molecule has 0 radical (unpaired) electrons. The predicted octanol–water partition coefficient (Wildman–Crippen LogP) is 5.08. The van der Waals surface area contributed by atoms with Crippen LogP contribution in [0, 0.1) is 13.8 Å². The van der Waals surface area contributed by atoms with Crippen molar-refractivity contribution in [3.63, 3.8) is 0 Å². The molecular weight excluding hydrogens is 432 g/mol. The number of anilines is 1. The summed E-state index contributed by atoms with van der Waals surface area (Å²) >= 11 is 0. The Bertz CT molecular complexity index is 961. The molecule has 0 aromatic heterocycles. The number of benzene rings is 2. The normalized spacial score (nSPS) is 22.9. The van der Waals surface area contributed by atoms with Gasteiger partial charge in [-0.25, -0.2) is 0 Å². The quantitative estimate of drug-likeness (QED) is 0.605. The second-order valence-corrected chi connectivity index (χ2v) is 11.0. The number of nitrogens with zero attached hydrogens (tertiary/aromatic N) is 3. The lowest BCUT2D eigenvalue weighted by molar-refractivity contribution is -0.130. The average Bonchev–Trinajstić information content (AvgIpc) is 2.86. The molecule has 2 unspecified atom stereocenters. The summed E-state index contributed by atoms with van der Waals surface area (Å²) in [5.74, 6) is 0.140. The first kappa shape index (κ1) is 25.9. The molecule has 1 saturated heterocycles. The topological polar surface area (TPSA) is 38.8 Å². The van der Waals surface area contributed by atoms with Crippen LogP contribution in [-0.2, 0) is 11.3 Å². The molecule has 2 aromatic carbocycles. The SMILES string of the molecule is Cc1cccc(C)c1NC(=O)C1(N(C)C)CCN(C2CCCCC2N(C)Cc2ccccc2)CC1. The zero-order valence-corrected chi connectivity index (χ0v) is 22.4. The Kier molecular flexibility index (Phi) is 8.31. The maximum atomic E-state index is 13.7. The molecule has 1 amide bonds. The summed E-state index contributed by atoms with van der Waals surface area (Å²) in [5.41, 5.74) is 4.13. The number of amides is 1. The van der Waals surface area contributed by atoms with Gasteiger partial charge >= 0.3 is 0 Å².